The lowest BCUT2D eigenvalue weighted by Crippen LogP contribution is -2.10. The van der Waals surface area contributed by atoms with E-state index in [1.54, 1.807) is 18.2 Å². The number of ether oxygens (including phenoxy) is 3. The van der Waals surface area contributed by atoms with Gasteiger partial charge in [0.25, 0.3) is 0 Å². The molecule has 0 aliphatic rings. The Morgan fingerprint density at radius 2 is 1.92 bits per heavy atom. The van der Waals surface area contributed by atoms with Crippen LogP contribution in [0.3, 0.4) is 0 Å². The molecule has 0 fully saturated rings. The van der Waals surface area contributed by atoms with E-state index in [0.29, 0.717) is 17.1 Å². The summed E-state index contributed by atoms with van der Waals surface area (Å²) in [5.41, 5.74) is 0.715. The molecule has 0 radical (unpaired) electrons. The van der Waals surface area contributed by atoms with Gasteiger partial charge in [0, 0.05) is 10.5 Å². The van der Waals surface area contributed by atoms with Gasteiger partial charge in [-0.1, -0.05) is 22.0 Å². The molecule has 0 heterocycles. The summed E-state index contributed by atoms with van der Waals surface area (Å²) in [6.07, 6.45) is 2.89. The zero-order chi connectivity index (χ0) is 17.4. The average molecular weight is 393 g/mol. The molecule has 126 valence electrons. The fraction of sp³-hybridized carbons (Fsp3) is 0.167. The summed E-state index contributed by atoms with van der Waals surface area (Å²) in [4.78, 5) is 11.6. The minimum absolute atomic E-state index is 0.0438. The van der Waals surface area contributed by atoms with E-state index in [1.165, 1.54) is 19.3 Å². The molecule has 0 bridgehead atoms. The number of benzene rings is 2. The van der Waals surface area contributed by atoms with Crippen LogP contribution in [-0.4, -0.2) is 31.4 Å². The molecule has 2 aromatic carbocycles. The second-order valence-electron chi connectivity index (χ2n) is 4.73. The molecule has 0 unspecified atom stereocenters. The number of rotatable bonds is 7. The average Bonchev–Trinajstić information content (AvgIpc) is 2.59. The van der Waals surface area contributed by atoms with E-state index in [9.17, 15) is 9.90 Å². The maximum absolute atomic E-state index is 11.6. The molecular formula is C18H17BrO5. The van der Waals surface area contributed by atoms with Gasteiger partial charge in [-0.25, -0.2) is 4.79 Å². The van der Waals surface area contributed by atoms with E-state index >= 15 is 0 Å². The predicted octanol–water partition coefficient (Wildman–Crippen LogP) is 3.80. The van der Waals surface area contributed by atoms with Crippen LogP contribution in [-0.2, 0) is 9.53 Å². The molecule has 0 saturated carbocycles. The third kappa shape index (κ3) is 5.62. The van der Waals surface area contributed by atoms with Crippen LogP contribution in [0, 0.1) is 0 Å². The number of esters is 1. The topological polar surface area (TPSA) is 65.0 Å². The second kappa shape index (κ2) is 8.98. The molecule has 0 aliphatic carbocycles. The summed E-state index contributed by atoms with van der Waals surface area (Å²) in [5, 5.41) is 9.51. The third-order valence-electron chi connectivity index (χ3n) is 3.03. The first-order chi connectivity index (χ1) is 11.6. The SMILES string of the molecule is COc1cc(C=CC(=O)OCCOc2ccc(Br)cc2)ccc1O. The Bertz CT molecular complexity index is 710. The zero-order valence-corrected chi connectivity index (χ0v) is 14.7. The van der Waals surface area contributed by atoms with Crippen molar-refractivity contribution in [2.75, 3.05) is 20.3 Å². The van der Waals surface area contributed by atoms with Crippen molar-refractivity contribution in [3.8, 4) is 17.2 Å². The van der Waals surface area contributed by atoms with Crippen LogP contribution in [0.5, 0.6) is 17.2 Å². The van der Waals surface area contributed by atoms with E-state index in [0.717, 1.165) is 4.47 Å². The van der Waals surface area contributed by atoms with Gasteiger partial charge in [0.05, 0.1) is 7.11 Å². The zero-order valence-electron chi connectivity index (χ0n) is 13.1. The molecule has 2 rings (SSSR count). The highest BCUT2D eigenvalue weighted by Crippen LogP contribution is 2.26. The maximum Gasteiger partial charge on any atom is 0.330 e. The van der Waals surface area contributed by atoms with Gasteiger partial charge < -0.3 is 19.3 Å². The Morgan fingerprint density at radius 3 is 2.62 bits per heavy atom. The van der Waals surface area contributed by atoms with Crippen LogP contribution in [0.15, 0.2) is 53.0 Å². The van der Waals surface area contributed by atoms with Gasteiger partial charge in [-0.15, -0.1) is 0 Å². The number of carbonyl (C=O) groups is 1. The van der Waals surface area contributed by atoms with Crippen molar-refractivity contribution in [1.82, 2.24) is 0 Å². The Hall–Kier alpha value is -2.47. The van der Waals surface area contributed by atoms with Crippen LogP contribution in [0.4, 0.5) is 0 Å². The largest absolute Gasteiger partial charge is 0.504 e. The van der Waals surface area contributed by atoms with E-state index in [1.807, 2.05) is 24.3 Å². The lowest BCUT2D eigenvalue weighted by molar-refractivity contribution is -0.138. The lowest BCUT2D eigenvalue weighted by Gasteiger charge is -2.06. The van der Waals surface area contributed by atoms with E-state index in [-0.39, 0.29) is 19.0 Å². The van der Waals surface area contributed by atoms with Crippen LogP contribution < -0.4 is 9.47 Å². The summed E-state index contributed by atoms with van der Waals surface area (Å²) in [7, 11) is 1.46. The molecular weight excluding hydrogens is 376 g/mol. The summed E-state index contributed by atoms with van der Waals surface area (Å²) in [5.74, 6) is 0.623. The number of hydrogen-bond acceptors (Lipinski definition) is 5. The van der Waals surface area contributed by atoms with E-state index in [4.69, 9.17) is 14.2 Å². The van der Waals surface area contributed by atoms with Crippen LogP contribution >= 0.6 is 15.9 Å². The summed E-state index contributed by atoms with van der Waals surface area (Å²) < 4.78 is 16.5. The minimum atomic E-state index is -0.471. The molecule has 1 N–H and O–H groups in total. The Balaban J connectivity index is 1.75. The number of methoxy groups -OCH3 is 1. The minimum Gasteiger partial charge on any atom is -0.504 e. The molecule has 0 atom stereocenters. The number of aromatic hydroxyl groups is 1. The first-order valence-corrected chi connectivity index (χ1v) is 7.98. The number of phenols is 1. The van der Waals surface area contributed by atoms with Crippen LogP contribution in [0.1, 0.15) is 5.56 Å². The molecule has 5 nitrogen and oxygen atoms in total. The first-order valence-electron chi connectivity index (χ1n) is 7.18. The highest BCUT2D eigenvalue weighted by atomic mass is 79.9. The van der Waals surface area contributed by atoms with Crippen molar-refractivity contribution in [2.45, 2.75) is 0 Å². The summed E-state index contributed by atoms with van der Waals surface area (Å²) in [6.45, 7) is 0.423. The van der Waals surface area contributed by atoms with Gasteiger partial charge in [0.2, 0.25) is 0 Å². The fourth-order valence-electron chi connectivity index (χ4n) is 1.84. The Labute approximate surface area is 148 Å². The molecule has 24 heavy (non-hydrogen) atoms. The predicted molar refractivity (Wildman–Crippen MR) is 94.3 cm³/mol. The molecule has 0 aliphatic heterocycles. The van der Waals surface area contributed by atoms with Gasteiger partial charge in [-0.3, -0.25) is 0 Å². The normalized spacial score (nSPS) is 10.6. The van der Waals surface area contributed by atoms with Gasteiger partial charge in [0.1, 0.15) is 19.0 Å². The molecule has 2 aromatic rings. The Kier molecular flexibility index (Phi) is 6.69. The van der Waals surface area contributed by atoms with Crippen molar-refractivity contribution in [1.29, 1.82) is 0 Å². The molecule has 0 amide bonds. The van der Waals surface area contributed by atoms with Gasteiger partial charge in [-0.2, -0.15) is 0 Å². The number of halogens is 1. The van der Waals surface area contributed by atoms with Crippen molar-refractivity contribution < 1.29 is 24.1 Å². The van der Waals surface area contributed by atoms with Crippen LogP contribution in [0.2, 0.25) is 0 Å². The Morgan fingerprint density at radius 1 is 1.17 bits per heavy atom. The lowest BCUT2D eigenvalue weighted by atomic mass is 10.2. The third-order valence-corrected chi connectivity index (χ3v) is 3.55. The fourth-order valence-corrected chi connectivity index (χ4v) is 2.11. The number of hydrogen-bond donors (Lipinski definition) is 1. The number of carbonyl (C=O) groups excluding carboxylic acids is 1. The maximum atomic E-state index is 11.6. The molecule has 0 spiro atoms. The monoisotopic (exact) mass is 392 g/mol. The van der Waals surface area contributed by atoms with Gasteiger partial charge in [-0.05, 0) is 48.0 Å². The second-order valence-corrected chi connectivity index (χ2v) is 5.65. The number of phenolic OH excluding ortho intramolecular Hbond substituents is 1. The van der Waals surface area contributed by atoms with Crippen molar-refractivity contribution >= 4 is 28.0 Å². The molecule has 0 saturated heterocycles. The van der Waals surface area contributed by atoms with E-state index < -0.39 is 5.97 Å². The van der Waals surface area contributed by atoms with Crippen molar-refractivity contribution in [2.24, 2.45) is 0 Å². The molecule has 0 aromatic heterocycles. The standard InChI is InChI=1S/C18H17BrO5/c1-22-17-12-13(2-8-16(17)20)3-9-18(21)24-11-10-23-15-6-4-14(19)5-7-15/h2-9,12,20H,10-11H2,1H3. The van der Waals surface area contributed by atoms with Crippen LogP contribution in [0.25, 0.3) is 6.08 Å². The summed E-state index contributed by atoms with van der Waals surface area (Å²) >= 11 is 3.34. The highest BCUT2D eigenvalue weighted by Gasteiger charge is 2.02. The van der Waals surface area contributed by atoms with Gasteiger partial charge in [0.15, 0.2) is 11.5 Å². The quantitative estimate of drug-likeness (QED) is 0.441. The van der Waals surface area contributed by atoms with Crippen molar-refractivity contribution in [3.63, 3.8) is 0 Å². The summed E-state index contributed by atoms with van der Waals surface area (Å²) in [6, 6.07) is 12.2. The van der Waals surface area contributed by atoms with E-state index in [2.05, 4.69) is 15.9 Å². The van der Waals surface area contributed by atoms with Gasteiger partial charge >= 0.3 is 5.97 Å². The first kappa shape index (κ1) is 17.9. The highest BCUT2D eigenvalue weighted by molar-refractivity contribution is 9.10. The smallest absolute Gasteiger partial charge is 0.330 e. The van der Waals surface area contributed by atoms with Crippen molar-refractivity contribution in [3.05, 3.63) is 58.6 Å². The molecule has 6 heteroatoms.